The summed E-state index contributed by atoms with van der Waals surface area (Å²) in [5, 5.41) is 2.99. The van der Waals surface area contributed by atoms with Gasteiger partial charge in [-0.3, -0.25) is 4.79 Å². The highest BCUT2D eigenvalue weighted by Crippen LogP contribution is 2.23. The topological polar surface area (TPSA) is 46.4 Å². The maximum Gasteiger partial charge on any atom is 0.251 e. The van der Waals surface area contributed by atoms with Crippen LogP contribution in [0.3, 0.4) is 0 Å². The first-order chi connectivity index (χ1) is 12.8. The number of nitrogens with one attached hydrogen (secondary N) is 1. The van der Waals surface area contributed by atoms with Gasteiger partial charge < -0.3 is 9.72 Å². The largest absolute Gasteiger partial charge is 0.352 e. The number of carbonyl (C=O) groups is 1. The normalized spacial score (nSPS) is 11.0. The number of nitrogens with zero attached hydrogens (tertiary/aromatic N) is 2. The Bertz CT molecular complexity index is 809. The summed E-state index contributed by atoms with van der Waals surface area (Å²) < 4.78 is 2.03. The van der Waals surface area contributed by atoms with E-state index in [2.05, 4.69) is 23.4 Å². The first-order valence-electron chi connectivity index (χ1n) is 9.20. The summed E-state index contributed by atoms with van der Waals surface area (Å²) in [5.74, 6) is 0.823. The fourth-order valence-electron chi connectivity index (χ4n) is 2.77. The zero-order chi connectivity index (χ0) is 18.2. The van der Waals surface area contributed by atoms with Crippen LogP contribution in [0, 0.1) is 0 Å². The van der Waals surface area contributed by atoms with E-state index in [4.69, 9.17) is 0 Å². The van der Waals surface area contributed by atoms with Crippen molar-refractivity contribution in [2.45, 2.75) is 43.3 Å². The van der Waals surface area contributed by atoms with E-state index in [9.17, 15) is 4.79 Å². The van der Waals surface area contributed by atoms with Crippen LogP contribution in [-0.2, 0) is 5.75 Å². The Morgan fingerprint density at radius 2 is 1.96 bits per heavy atom. The van der Waals surface area contributed by atoms with E-state index in [-0.39, 0.29) is 5.91 Å². The third-order valence-electron chi connectivity index (χ3n) is 4.23. The predicted octanol–water partition coefficient (Wildman–Crippen LogP) is 4.94. The summed E-state index contributed by atoms with van der Waals surface area (Å²) in [7, 11) is 0. The SMILES string of the molecule is CCCCCCNC(=O)c1ccc(SCc2cn3ccccc3n2)cc1. The fourth-order valence-corrected chi connectivity index (χ4v) is 3.55. The number of benzene rings is 1. The van der Waals surface area contributed by atoms with Crippen LogP contribution in [0.2, 0.25) is 0 Å². The zero-order valence-electron chi connectivity index (χ0n) is 15.1. The van der Waals surface area contributed by atoms with Crippen molar-refractivity contribution in [3.63, 3.8) is 0 Å². The van der Waals surface area contributed by atoms with Crippen molar-refractivity contribution in [3.05, 3.63) is 66.1 Å². The molecule has 0 fully saturated rings. The molecule has 2 heterocycles. The van der Waals surface area contributed by atoms with Gasteiger partial charge in [-0.25, -0.2) is 4.98 Å². The van der Waals surface area contributed by atoms with E-state index >= 15 is 0 Å². The van der Waals surface area contributed by atoms with Gasteiger partial charge >= 0.3 is 0 Å². The molecule has 2 aromatic heterocycles. The summed E-state index contributed by atoms with van der Waals surface area (Å²) in [5.41, 5.74) is 2.74. The van der Waals surface area contributed by atoms with Crippen LogP contribution in [0.1, 0.15) is 48.7 Å². The molecule has 4 nitrogen and oxygen atoms in total. The minimum absolute atomic E-state index is 0.0124. The molecule has 0 aliphatic rings. The number of hydrogen-bond acceptors (Lipinski definition) is 3. The van der Waals surface area contributed by atoms with Crippen molar-refractivity contribution in [2.24, 2.45) is 0 Å². The van der Waals surface area contributed by atoms with E-state index < -0.39 is 0 Å². The molecule has 0 spiro atoms. The highest BCUT2D eigenvalue weighted by atomic mass is 32.2. The molecular formula is C21H25N3OS. The number of fused-ring (bicyclic) bond motifs is 1. The van der Waals surface area contributed by atoms with Gasteiger partial charge in [0.2, 0.25) is 0 Å². The highest BCUT2D eigenvalue weighted by molar-refractivity contribution is 7.98. The molecule has 1 N–H and O–H groups in total. The molecule has 1 aromatic carbocycles. The molecule has 3 rings (SSSR count). The summed E-state index contributed by atoms with van der Waals surface area (Å²) in [6, 6.07) is 13.8. The second kappa shape index (κ2) is 9.43. The molecule has 26 heavy (non-hydrogen) atoms. The van der Waals surface area contributed by atoms with Gasteiger partial charge in [-0.1, -0.05) is 32.3 Å². The minimum Gasteiger partial charge on any atom is -0.352 e. The second-order valence-electron chi connectivity index (χ2n) is 6.33. The number of amides is 1. The van der Waals surface area contributed by atoms with Gasteiger partial charge in [0.05, 0.1) is 5.69 Å². The van der Waals surface area contributed by atoms with Crippen LogP contribution >= 0.6 is 11.8 Å². The molecule has 0 bridgehead atoms. The molecule has 0 atom stereocenters. The van der Waals surface area contributed by atoms with Crippen LogP contribution in [0.15, 0.2) is 59.8 Å². The third kappa shape index (κ3) is 5.11. The number of pyridine rings is 1. The maximum absolute atomic E-state index is 12.1. The minimum atomic E-state index is 0.0124. The highest BCUT2D eigenvalue weighted by Gasteiger charge is 2.06. The van der Waals surface area contributed by atoms with Gasteiger partial charge in [-0.05, 0) is 42.8 Å². The number of carbonyl (C=O) groups excluding carboxylic acids is 1. The number of imidazole rings is 1. The molecule has 0 radical (unpaired) electrons. The first-order valence-corrected chi connectivity index (χ1v) is 10.2. The smallest absolute Gasteiger partial charge is 0.251 e. The standard InChI is InChI=1S/C21H25N3OS/c1-2-3-4-6-13-22-21(25)17-9-11-19(12-10-17)26-16-18-15-24-14-7-5-8-20(24)23-18/h5,7-12,14-15H,2-4,6,13,16H2,1H3,(H,22,25). The van der Waals surface area contributed by atoms with Crippen LogP contribution in [0.25, 0.3) is 5.65 Å². The molecule has 0 aliphatic heterocycles. The lowest BCUT2D eigenvalue weighted by Crippen LogP contribution is -2.24. The maximum atomic E-state index is 12.1. The Morgan fingerprint density at radius 3 is 2.73 bits per heavy atom. The number of hydrogen-bond donors (Lipinski definition) is 1. The Balaban J connectivity index is 1.48. The Labute approximate surface area is 159 Å². The number of thioether (sulfide) groups is 1. The first kappa shape index (κ1) is 18.5. The van der Waals surface area contributed by atoms with Crippen molar-refractivity contribution in [3.8, 4) is 0 Å². The summed E-state index contributed by atoms with van der Waals surface area (Å²) in [6.45, 7) is 2.94. The quantitative estimate of drug-likeness (QED) is 0.430. The molecule has 0 saturated heterocycles. The summed E-state index contributed by atoms with van der Waals surface area (Å²) in [6.07, 6.45) is 8.73. The number of unbranched alkanes of at least 4 members (excludes halogenated alkanes) is 3. The molecule has 0 saturated carbocycles. The monoisotopic (exact) mass is 367 g/mol. The van der Waals surface area contributed by atoms with Crippen LogP contribution < -0.4 is 5.32 Å². The van der Waals surface area contributed by atoms with Gasteiger partial charge in [0.1, 0.15) is 5.65 Å². The van der Waals surface area contributed by atoms with Gasteiger partial charge in [0.25, 0.3) is 5.91 Å². The van der Waals surface area contributed by atoms with E-state index in [1.165, 1.54) is 19.3 Å². The lowest BCUT2D eigenvalue weighted by atomic mass is 10.2. The van der Waals surface area contributed by atoms with Gasteiger partial charge in [0.15, 0.2) is 0 Å². The van der Waals surface area contributed by atoms with Gasteiger partial charge in [0, 0.05) is 35.2 Å². The average Bonchev–Trinajstić information content (AvgIpc) is 3.09. The van der Waals surface area contributed by atoms with Crippen molar-refractivity contribution < 1.29 is 4.79 Å². The Hall–Kier alpha value is -2.27. The van der Waals surface area contributed by atoms with Crippen molar-refractivity contribution in [1.82, 2.24) is 14.7 Å². The molecule has 5 heteroatoms. The van der Waals surface area contributed by atoms with Gasteiger partial charge in [-0.15, -0.1) is 11.8 Å². The van der Waals surface area contributed by atoms with E-state index in [0.717, 1.165) is 40.5 Å². The molecule has 1 amide bonds. The Kier molecular flexibility index (Phi) is 6.72. The molecule has 0 unspecified atom stereocenters. The van der Waals surface area contributed by atoms with Crippen molar-refractivity contribution in [2.75, 3.05) is 6.54 Å². The predicted molar refractivity (Wildman–Crippen MR) is 108 cm³/mol. The number of rotatable bonds is 9. The van der Waals surface area contributed by atoms with E-state index in [1.807, 2.05) is 53.1 Å². The molecule has 0 aliphatic carbocycles. The fraction of sp³-hybridized carbons (Fsp3) is 0.333. The van der Waals surface area contributed by atoms with Crippen LogP contribution in [0.4, 0.5) is 0 Å². The molecule has 136 valence electrons. The lowest BCUT2D eigenvalue weighted by molar-refractivity contribution is 0.0953. The van der Waals surface area contributed by atoms with Crippen LogP contribution in [0.5, 0.6) is 0 Å². The summed E-state index contributed by atoms with van der Waals surface area (Å²) >= 11 is 1.73. The lowest BCUT2D eigenvalue weighted by Gasteiger charge is -2.06. The van der Waals surface area contributed by atoms with Crippen molar-refractivity contribution >= 4 is 23.3 Å². The summed E-state index contributed by atoms with van der Waals surface area (Å²) in [4.78, 5) is 17.9. The van der Waals surface area contributed by atoms with E-state index in [0.29, 0.717) is 0 Å². The third-order valence-corrected chi connectivity index (χ3v) is 5.28. The average molecular weight is 368 g/mol. The van der Waals surface area contributed by atoms with Gasteiger partial charge in [-0.2, -0.15) is 0 Å². The van der Waals surface area contributed by atoms with Crippen LogP contribution in [-0.4, -0.2) is 21.8 Å². The van der Waals surface area contributed by atoms with Crippen molar-refractivity contribution in [1.29, 1.82) is 0 Å². The number of aromatic nitrogens is 2. The molecule has 3 aromatic rings. The molecular weight excluding hydrogens is 342 g/mol. The Morgan fingerprint density at radius 1 is 1.12 bits per heavy atom. The second-order valence-corrected chi connectivity index (χ2v) is 7.38. The van der Waals surface area contributed by atoms with E-state index in [1.54, 1.807) is 11.8 Å². The zero-order valence-corrected chi connectivity index (χ0v) is 16.0.